The second kappa shape index (κ2) is 3.17. The molecule has 1 aliphatic carbocycles. The molecule has 5 nitrogen and oxygen atoms in total. The molecular weight excluding hydrogens is 212 g/mol. The fraction of sp³-hybridized carbons (Fsp3) is 1.00. The van der Waals surface area contributed by atoms with Crippen LogP contribution in [0.3, 0.4) is 0 Å². The first-order valence-electron chi connectivity index (χ1n) is 5.73. The van der Waals surface area contributed by atoms with Crippen LogP contribution in [0.2, 0.25) is 0 Å². The van der Waals surface area contributed by atoms with E-state index in [1.54, 1.807) is 7.11 Å². The number of aliphatic hydroxyl groups excluding tert-OH is 1. The zero-order valence-electron chi connectivity index (χ0n) is 9.80. The van der Waals surface area contributed by atoms with Gasteiger partial charge in [-0.1, -0.05) is 0 Å². The second-order valence-electron chi connectivity index (χ2n) is 5.25. The Kier molecular flexibility index (Phi) is 2.17. The highest BCUT2D eigenvalue weighted by molar-refractivity contribution is 5.13. The first-order chi connectivity index (χ1) is 7.48. The van der Waals surface area contributed by atoms with Crippen LogP contribution in [-0.2, 0) is 18.9 Å². The smallest absolute Gasteiger partial charge is 0.187 e. The lowest BCUT2D eigenvalue weighted by Gasteiger charge is -2.45. The van der Waals surface area contributed by atoms with Gasteiger partial charge in [0.1, 0.15) is 17.8 Å². The van der Waals surface area contributed by atoms with Crippen molar-refractivity contribution in [3.63, 3.8) is 0 Å². The minimum Gasteiger partial charge on any atom is -0.390 e. The third kappa shape index (κ3) is 1.23. The van der Waals surface area contributed by atoms with Gasteiger partial charge in [-0.05, 0) is 26.7 Å². The number of ether oxygens (including phenoxy) is 4. The summed E-state index contributed by atoms with van der Waals surface area (Å²) in [6, 6.07) is 0. The highest BCUT2D eigenvalue weighted by atomic mass is 16.8. The van der Waals surface area contributed by atoms with Crippen molar-refractivity contribution in [2.45, 2.75) is 62.7 Å². The van der Waals surface area contributed by atoms with Crippen molar-refractivity contribution in [3.8, 4) is 0 Å². The van der Waals surface area contributed by atoms with Crippen molar-refractivity contribution < 1.29 is 24.1 Å². The van der Waals surface area contributed by atoms with E-state index in [2.05, 4.69) is 0 Å². The molecule has 2 saturated heterocycles. The maximum Gasteiger partial charge on any atom is 0.187 e. The molecule has 0 bridgehead atoms. The lowest BCUT2D eigenvalue weighted by Crippen LogP contribution is -2.59. The van der Waals surface area contributed by atoms with Crippen LogP contribution in [0.25, 0.3) is 0 Å². The Hall–Kier alpha value is -0.200. The topological polar surface area (TPSA) is 57.2 Å². The SMILES string of the molecule is COC1O[C@]2(CC[C@@H]2O)[C@@H]2OC(C)(C)OC12. The maximum atomic E-state index is 9.91. The molecule has 1 saturated carbocycles. The second-order valence-corrected chi connectivity index (χ2v) is 5.25. The third-order valence-corrected chi connectivity index (χ3v) is 3.82. The molecule has 5 heteroatoms. The van der Waals surface area contributed by atoms with Crippen LogP contribution < -0.4 is 0 Å². The van der Waals surface area contributed by atoms with Gasteiger partial charge in [0.05, 0.1) is 6.10 Å². The summed E-state index contributed by atoms with van der Waals surface area (Å²) in [5.74, 6) is -0.627. The van der Waals surface area contributed by atoms with Gasteiger partial charge in [-0.3, -0.25) is 0 Å². The van der Waals surface area contributed by atoms with E-state index in [0.717, 1.165) is 12.8 Å². The Balaban J connectivity index is 1.89. The molecule has 5 atom stereocenters. The van der Waals surface area contributed by atoms with Crippen molar-refractivity contribution in [1.82, 2.24) is 0 Å². The van der Waals surface area contributed by atoms with Gasteiger partial charge in [0.2, 0.25) is 0 Å². The number of hydrogen-bond acceptors (Lipinski definition) is 5. The van der Waals surface area contributed by atoms with Gasteiger partial charge in [-0.25, -0.2) is 0 Å². The first kappa shape index (κ1) is 10.9. The highest BCUT2D eigenvalue weighted by Gasteiger charge is 2.68. The molecule has 2 unspecified atom stereocenters. The fourth-order valence-electron chi connectivity index (χ4n) is 2.93. The first-order valence-corrected chi connectivity index (χ1v) is 5.73. The van der Waals surface area contributed by atoms with Gasteiger partial charge in [0.15, 0.2) is 12.1 Å². The summed E-state index contributed by atoms with van der Waals surface area (Å²) in [6.07, 6.45) is 0.170. The lowest BCUT2D eigenvalue weighted by atomic mass is 9.73. The molecule has 3 rings (SSSR count). The Morgan fingerprint density at radius 3 is 2.50 bits per heavy atom. The van der Waals surface area contributed by atoms with Gasteiger partial charge in [-0.15, -0.1) is 0 Å². The zero-order chi connectivity index (χ0) is 11.6. The van der Waals surface area contributed by atoms with E-state index in [0.29, 0.717) is 0 Å². The van der Waals surface area contributed by atoms with Gasteiger partial charge in [-0.2, -0.15) is 0 Å². The molecule has 1 N–H and O–H groups in total. The number of aliphatic hydroxyl groups is 1. The Bertz CT molecular complexity index is 305. The summed E-state index contributed by atoms with van der Waals surface area (Å²) in [5.41, 5.74) is -0.612. The van der Waals surface area contributed by atoms with E-state index in [9.17, 15) is 5.11 Å². The Labute approximate surface area is 94.6 Å². The summed E-state index contributed by atoms with van der Waals surface area (Å²) >= 11 is 0. The van der Waals surface area contributed by atoms with Gasteiger partial charge < -0.3 is 24.1 Å². The van der Waals surface area contributed by atoms with Gasteiger partial charge in [0.25, 0.3) is 0 Å². The van der Waals surface area contributed by atoms with Crippen LogP contribution in [0.5, 0.6) is 0 Å². The van der Waals surface area contributed by atoms with Crippen molar-refractivity contribution in [2.75, 3.05) is 7.11 Å². The summed E-state index contributed by atoms with van der Waals surface area (Å²) in [6.45, 7) is 3.74. The molecule has 0 aromatic carbocycles. The number of rotatable bonds is 1. The summed E-state index contributed by atoms with van der Waals surface area (Å²) in [7, 11) is 1.58. The van der Waals surface area contributed by atoms with Crippen molar-refractivity contribution >= 4 is 0 Å². The van der Waals surface area contributed by atoms with Gasteiger partial charge in [0, 0.05) is 7.11 Å². The van der Waals surface area contributed by atoms with Crippen molar-refractivity contribution in [3.05, 3.63) is 0 Å². The molecule has 2 aliphatic heterocycles. The number of fused-ring (bicyclic) bond motifs is 2. The fourth-order valence-corrected chi connectivity index (χ4v) is 2.93. The van der Waals surface area contributed by atoms with Crippen LogP contribution in [0, 0.1) is 0 Å². The lowest BCUT2D eigenvalue weighted by molar-refractivity contribution is -0.289. The molecule has 92 valence electrons. The summed E-state index contributed by atoms with van der Waals surface area (Å²) in [4.78, 5) is 0. The monoisotopic (exact) mass is 230 g/mol. The predicted octanol–water partition coefficient (Wildman–Crippen LogP) is 0.403. The van der Waals surface area contributed by atoms with E-state index in [4.69, 9.17) is 18.9 Å². The molecule has 3 fully saturated rings. The highest BCUT2D eigenvalue weighted by Crippen LogP contribution is 2.52. The molecule has 1 spiro atoms. The standard InChI is InChI=1S/C11H18O5/c1-10(2)14-7-8(15-10)11(5-4-6(11)12)16-9(7)13-3/h6-9,12H,4-5H2,1-3H3/t6-,7?,8+,9?,11-/m0/s1. The molecule has 0 aromatic rings. The molecule has 16 heavy (non-hydrogen) atoms. The quantitative estimate of drug-likeness (QED) is 0.706. The summed E-state index contributed by atoms with van der Waals surface area (Å²) in [5, 5.41) is 9.91. The normalized spacial score (nSPS) is 54.0. The minimum atomic E-state index is -0.627. The maximum absolute atomic E-state index is 9.91. The van der Waals surface area contributed by atoms with E-state index in [-0.39, 0.29) is 12.2 Å². The van der Waals surface area contributed by atoms with Crippen molar-refractivity contribution in [1.29, 1.82) is 0 Å². The molecule has 0 aromatic heterocycles. The van der Waals surface area contributed by atoms with E-state index in [1.807, 2.05) is 13.8 Å². The van der Waals surface area contributed by atoms with Crippen LogP contribution in [0.1, 0.15) is 26.7 Å². The zero-order valence-corrected chi connectivity index (χ0v) is 9.80. The van der Waals surface area contributed by atoms with E-state index in [1.165, 1.54) is 0 Å². The number of methoxy groups -OCH3 is 1. The Morgan fingerprint density at radius 2 is 2.00 bits per heavy atom. The molecule has 0 amide bonds. The average Bonchev–Trinajstić information content (AvgIpc) is 2.68. The van der Waals surface area contributed by atoms with E-state index < -0.39 is 23.8 Å². The number of hydrogen-bond donors (Lipinski definition) is 1. The third-order valence-electron chi connectivity index (χ3n) is 3.82. The largest absolute Gasteiger partial charge is 0.390 e. The molecule has 0 radical (unpaired) electrons. The van der Waals surface area contributed by atoms with Crippen LogP contribution in [-0.4, -0.2) is 48.2 Å². The molecule has 2 heterocycles. The van der Waals surface area contributed by atoms with Crippen LogP contribution in [0.15, 0.2) is 0 Å². The molecule has 3 aliphatic rings. The average molecular weight is 230 g/mol. The Morgan fingerprint density at radius 1 is 1.25 bits per heavy atom. The predicted molar refractivity (Wildman–Crippen MR) is 53.7 cm³/mol. The van der Waals surface area contributed by atoms with Crippen LogP contribution >= 0.6 is 0 Å². The molecular formula is C11H18O5. The summed E-state index contributed by atoms with van der Waals surface area (Å²) < 4.78 is 22.7. The van der Waals surface area contributed by atoms with Crippen molar-refractivity contribution in [2.24, 2.45) is 0 Å². The minimum absolute atomic E-state index is 0.226. The van der Waals surface area contributed by atoms with E-state index >= 15 is 0 Å². The van der Waals surface area contributed by atoms with Gasteiger partial charge >= 0.3 is 0 Å². The van der Waals surface area contributed by atoms with Crippen LogP contribution in [0.4, 0.5) is 0 Å².